The Hall–Kier alpha value is -4.18. The quantitative estimate of drug-likeness (QED) is 0.180. The third-order valence-corrected chi connectivity index (χ3v) is 11.4. The van der Waals surface area contributed by atoms with Gasteiger partial charge >= 0.3 is 0 Å². The molecule has 0 bridgehead atoms. The molecule has 51 heavy (non-hydrogen) atoms. The van der Waals surface area contributed by atoms with Crippen LogP contribution in [0.1, 0.15) is 88.0 Å². The zero-order valence-electron chi connectivity index (χ0n) is 29.3. The number of aliphatic hydroxyl groups is 1. The minimum absolute atomic E-state index is 0.0102. The van der Waals surface area contributed by atoms with Crippen LogP contribution < -0.4 is 0 Å². The highest BCUT2D eigenvalue weighted by molar-refractivity contribution is 6.21. The van der Waals surface area contributed by atoms with Crippen LogP contribution in [0.3, 0.4) is 0 Å². The van der Waals surface area contributed by atoms with Crippen molar-refractivity contribution in [2.24, 2.45) is 5.92 Å². The van der Waals surface area contributed by atoms with Gasteiger partial charge in [0.2, 0.25) is 0 Å². The van der Waals surface area contributed by atoms with Crippen LogP contribution >= 0.6 is 0 Å². The van der Waals surface area contributed by atoms with E-state index in [9.17, 15) is 14.7 Å². The van der Waals surface area contributed by atoms with E-state index in [2.05, 4.69) is 53.1 Å². The van der Waals surface area contributed by atoms with Gasteiger partial charge in [0.15, 0.2) is 6.29 Å². The standard InChI is InChI=1S/C43H47N3O5/c1-29-39(27-45-23-7-10-36(45)26-44-21-4-5-22-44)50-43(51-40(29)33-15-13-30(28-47)14-16-33)34-19-17-32(18-20-34)35-9-6-8-31(24-35)25-46-41(48)37-11-2-3-12-38(37)42(46)49/h2-3,6,8-9,11-20,24,29,36,39-40,43,47H,4-5,7,10,21-23,25-28H2,1H3. The van der Waals surface area contributed by atoms with Crippen molar-refractivity contribution >= 4 is 11.8 Å². The predicted octanol–water partition coefficient (Wildman–Crippen LogP) is 6.99. The highest BCUT2D eigenvalue weighted by Gasteiger charge is 2.41. The molecule has 3 fully saturated rings. The topological polar surface area (TPSA) is 82.6 Å². The van der Waals surface area contributed by atoms with Gasteiger partial charge < -0.3 is 19.5 Å². The number of hydrogen-bond donors (Lipinski definition) is 1. The lowest BCUT2D eigenvalue weighted by molar-refractivity contribution is -0.276. The smallest absolute Gasteiger partial charge is 0.261 e. The number of ether oxygens (including phenoxy) is 2. The van der Waals surface area contributed by atoms with Crippen molar-refractivity contribution < 1.29 is 24.2 Å². The average Bonchev–Trinajstić information content (AvgIpc) is 3.91. The Morgan fingerprint density at radius 3 is 2.12 bits per heavy atom. The van der Waals surface area contributed by atoms with Crippen LogP contribution in [0.5, 0.6) is 0 Å². The normalized spacial score (nSPS) is 25.5. The summed E-state index contributed by atoms with van der Waals surface area (Å²) in [5, 5.41) is 9.66. The summed E-state index contributed by atoms with van der Waals surface area (Å²) in [4.78, 5) is 32.6. The van der Waals surface area contributed by atoms with Crippen LogP contribution in [0.25, 0.3) is 11.1 Å². The Bertz CT molecular complexity index is 1820. The molecule has 0 aliphatic carbocycles. The number of hydrogen-bond acceptors (Lipinski definition) is 7. The highest BCUT2D eigenvalue weighted by Crippen LogP contribution is 2.43. The van der Waals surface area contributed by atoms with Gasteiger partial charge in [0.1, 0.15) is 0 Å². The molecule has 5 unspecified atom stereocenters. The molecular weight excluding hydrogens is 638 g/mol. The lowest BCUT2D eigenvalue weighted by Crippen LogP contribution is -2.48. The average molecular weight is 686 g/mol. The summed E-state index contributed by atoms with van der Waals surface area (Å²) in [6.07, 6.45) is 4.40. The summed E-state index contributed by atoms with van der Waals surface area (Å²) < 4.78 is 13.6. The van der Waals surface area contributed by atoms with Crippen LogP contribution in [0.4, 0.5) is 0 Å². The molecule has 4 aromatic rings. The predicted molar refractivity (Wildman–Crippen MR) is 196 cm³/mol. The number of carbonyl (C=O) groups is 2. The Kier molecular flexibility index (Phi) is 9.86. The number of amides is 2. The molecule has 5 atom stereocenters. The van der Waals surface area contributed by atoms with Crippen LogP contribution in [-0.2, 0) is 22.6 Å². The van der Waals surface area contributed by atoms with Crippen molar-refractivity contribution in [3.05, 3.63) is 130 Å². The van der Waals surface area contributed by atoms with Crippen LogP contribution in [0.15, 0.2) is 97.1 Å². The van der Waals surface area contributed by atoms with Crippen molar-refractivity contribution in [2.75, 3.05) is 32.7 Å². The van der Waals surface area contributed by atoms with E-state index in [4.69, 9.17) is 9.47 Å². The van der Waals surface area contributed by atoms with Gasteiger partial charge in [-0.05, 0) is 91.3 Å². The number of imide groups is 1. The van der Waals surface area contributed by atoms with E-state index in [1.165, 1.54) is 43.7 Å². The molecule has 8 rings (SSSR count). The van der Waals surface area contributed by atoms with Crippen molar-refractivity contribution in [1.29, 1.82) is 0 Å². The number of aliphatic hydroxyl groups excluding tert-OH is 1. The first-order chi connectivity index (χ1) is 24.9. The minimum atomic E-state index is -0.525. The van der Waals surface area contributed by atoms with E-state index in [0.29, 0.717) is 17.2 Å². The summed E-state index contributed by atoms with van der Waals surface area (Å²) in [6, 6.07) is 32.1. The monoisotopic (exact) mass is 685 g/mol. The second-order valence-electron chi connectivity index (χ2n) is 14.7. The second-order valence-corrected chi connectivity index (χ2v) is 14.7. The molecule has 0 saturated carbocycles. The molecule has 2 amide bonds. The van der Waals surface area contributed by atoms with Gasteiger partial charge in [-0.1, -0.05) is 85.8 Å². The molecule has 4 heterocycles. The number of nitrogens with zero attached hydrogens (tertiary/aromatic N) is 3. The Labute approximate surface area is 300 Å². The number of likely N-dealkylation sites (tertiary alicyclic amines) is 2. The van der Waals surface area contributed by atoms with E-state index in [0.717, 1.165) is 53.0 Å². The van der Waals surface area contributed by atoms with Crippen molar-refractivity contribution in [2.45, 2.75) is 70.3 Å². The third-order valence-electron chi connectivity index (χ3n) is 11.4. The van der Waals surface area contributed by atoms with E-state index >= 15 is 0 Å². The zero-order chi connectivity index (χ0) is 34.9. The Morgan fingerprint density at radius 2 is 1.41 bits per heavy atom. The lowest BCUT2D eigenvalue weighted by Gasteiger charge is -2.43. The van der Waals surface area contributed by atoms with Crippen LogP contribution in [0, 0.1) is 5.92 Å². The fraction of sp³-hybridized carbons (Fsp3) is 0.395. The molecule has 3 saturated heterocycles. The highest BCUT2D eigenvalue weighted by atomic mass is 16.7. The molecule has 0 radical (unpaired) electrons. The number of carbonyl (C=O) groups excluding carboxylic acids is 2. The molecule has 4 aromatic carbocycles. The maximum Gasteiger partial charge on any atom is 0.261 e. The summed E-state index contributed by atoms with van der Waals surface area (Å²) in [6.45, 7) is 8.04. The van der Waals surface area contributed by atoms with Crippen LogP contribution in [0.2, 0.25) is 0 Å². The molecule has 4 aliphatic rings. The molecule has 8 nitrogen and oxygen atoms in total. The van der Waals surface area contributed by atoms with Gasteiger partial charge in [0.05, 0.1) is 36.5 Å². The molecule has 4 aliphatic heterocycles. The fourth-order valence-electron chi connectivity index (χ4n) is 8.41. The first-order valence-corrected chi connectivity index (χ1v) is 18.6. The van der Waals surface area contributed by atoms with Gasteiger partial charge in [-0.15, -0.1) is 0 Å². The number of fused-ring (bicyclic) bond motifs is 1. The molecular formula is C43H47N3O5. The molecule has 8 heteroatoms. The van der Waals surface area contributed by atoms with Gasteiger partial charge in [0.25, 0.3) is 11.8 Å². The molecule has 264 valence electrons. The minimum Gasteiger partial charge on any atom is -0.392 e. The first kappa shape index (κ1) is 33.9. The summed E-state index contributed by atoms with van der Waals surface area (Å²) in [7, 11) is 0. The van der Waals surface area contributed by atoms with E-state index in [1.807, 2.05) is 36.4 Å². The Balaban J connectivity index is 1.00. The van der Waals surface area contributed by atoms with Crippen LogP contribution in [-0.4, -0.2) is 76.5 Å². The van der Waals surface area contributed by atoms with Crippen molar-refractivity contribution in [3.8, 4) is 11.1 Å². The third kappa shape index (κ3) is 7.04. The second kappa shape index (κ2) is 14.8. The number of rotatable bonds is 10. The zero-order valence-corrected chi connectivity index (χ0v) is 29.3. The van der Waals surface area contributed by atoms with Crippen molar-refractivity contribution in [3.63, 3.8) is 0 Å². The van der Waals surface area contributed by atoms with E-state index < -0.39 is 6.29 Å². The van der Waals surface area contributed by atoms with Gasteiger partial charge in [-0.3, -0.25) is 19.4 Å². The molecule has 0 spiro atoms. The van der Waals surface area contributed by atoms with Crippen molar-refractivity contribution in [1.82, 2.24) is 14.7 Å². The molecule has 1 N–H and O–H groups in total. The Morgan fingerprint density at radius 1 is 0.706 bits per heavy atom. The maximum absolute atomic E-state index is 13.0. The van der Waals surface area contributed by atoms with E-state index in [1.54, 1.807) is 24.3 Å². The number of benzene rings is 4. The first-order valence-electron chi connectivity index (χ1n) is 18.6. The van der Waals surface area contributed by atoms with Gasteiger partial charge in [0, 0.05) is 30.6 Å². The summed E-state index contributed by atoms with van der Waals surface area (Å²) in [5.74, 6) is -0.363. The largest absolute Gasteiger partial charge is 0.392 e. The van der Waals surface area contributed by atoms with Gasteiger partial charge in [-0.2, -0.15) is 0 Å². The summed E-state index contributed by atoms with van der Waals surface area (Å²) >= 11 is 0. The summed E-state index contributed by atoms with van der Waals surface area (Å²) in [5.41, 5.74) is 6.80. The molecule has 0 aromatic heterocycles. The fourth-order valence-corrected chi connectivity index (χ4v) is 8.41. The van der Waals surface area contributed by atoms with E-state index in [-0.39, 0.29) is 43.1 Å². The maximum atomic E-state index is 13.0. The van der Waals surface area contributed by atoms with Gasteiger partial charge in [-0.25, -0.2) is 0 Å². The lowest BCUT2D eigenvalue weighted by atomic mass is 9.89. The SMILES string of the molecule is CC1C(CN2CCCC2CN2CCCC2)OC(c2ccc(-c3cccc(CN4C(=O)c5ccccc5C4=O)c3)cc2)OC1c1ccc(CO)cc1.